The summed E-state index contributed by atoms with van der Waals surface area (Å²) in [6.07, 6.45) is 9.31. The topological polar surface area (TPSA) is 20.3 Å². The summed E-state index contributed by atoms with van der Waals surface area (Å²) in [6, 6.07) is 10.5. The average molecular weight is 255 g/mol. The van der Waals surface area contributed by atoms with Crippen molar-refractivity contribution in [2.45, 2.75) is 44.2 Å². The van der Waals surface area contributed by atoms with Gasteiger partial charge >= 0.3 is 0 Å². The van der Waals surface area contributed by atoms with Gasteiger partial charge in [0.05, 0.1) is 5.54 Å². The highest BCUT2D eigenvalue weighted by atomic mass is 16.1. The second-order valence-electron chi connectivity index (χ2n) is 5.70. The van der Waals surface area contributed by atoms with Crippen molar-refractivity contribution < 1.29 is 4.79 Å². The number of hydrogen-bond acceptors (Lipinski definition) is 2. The maximum absolute atomic E-state index is 12.4. The van der Waals surface area contributed by atoms with E-state index < -0.39 is 0 Å². The molecule has 0 N–H and O–H groups in total. The molecule has 19 heavy (non-hydrogen) atoms. The van der Waals surface area contributed by atoms with E-state index in [0.717, 1.165) is 32.4 Å². The molecule has 3 rings (SSSR count). The third-order valence-electron chi connectivity index (χ3n) is 4.54. The number of nitrogens with zero attached hydrogens (tertiary/aromatic N) is 1. The fraction of sp³-hybridized carbons (Fsp3) is 0.471. The molecule has 1 spiro atoms. The third-order valence-corrected chi connectivity index (χ3v) is 4.54. The van der Waals surface area contributed by atoms with Crippen molar-refractivity contribution in [3.63, 3.8) is 0 Å². The first kappa shape index (κ1) is 12.6. The summed E-state index contributed by atoms with van der Waals surface area (Å²) in [5.41, 5.74) is 1.11. The fourth-order valence-electron chi connectivity index (χ4n) is 3.48. The number of benzene rings is 1. The molecule has 1 unspecified atom stereocenters. The minimum absolute atomic E-state index is 0.206. The van der Waals surface area contributed by atoms with E-state index in [2.05, 4.69) is 29.2 Å². The van der Waals surface area contributed by atoms with Crippen molar-refractivity contribution in [1.82, 2.24) is 4.90 Å². The number of ketones is 1. The Kier molecular flexibility index (Phi) is 3.52. The normalized spacial score (nSPS) is 27.9. The molecule has 0 saturated carbocycles. The summed E-state index contributed by atoms with van der Waals surface area (Å²) >= 11 is 0. The van der Waals surface area contributed by atoms with E-state index in [4.69, 9.17) is 0 Å². The van der Waals surface area contributed by atoms with Crippen LogP contribution in [0.25, 0.3) is 0 Å². The van der Waals surface area contributed by atoms with Crippen LogP contribution in [-0.4, -0.2) is 22.8 Å². The van der Waals surface area contributed by atoms with Crippen LogP contribution in [0.3, 0.4) is 0 Å². The number of rotatable bonds is 2. The first-order chi connectivity index (χ1) is 9.31. The molecule has 1 aliphatic carbocycles. The predicted molar refractivity (Wildman–Crippen MR) is 76.8 cm³/mol. The lowest BCUT2D eigenvalue weighted by molar-refractivity contribution is -0.130. The van der Waals surface area contributed by atoms with Crippen LogP contribution in [0.5, 0.6) is 0 Å². The standard InChI is InChI=1S/C17H21NO/c19-16-10-4-5-11-17(16)12-6-7-13-18(17)14-15-8-2-1-3-9-15/h1-4,8-10H,5-7,11-14H2. The zero-order valence-electron chi connectivity index (χ0n) is 11.3. The number of carbonyl (C=O) groups excluding carboxylic acids is 1. The number of allylic oxidation sites excluding steroid dienone is 1. The first-order valence-corrected chi connectivity index (χ1v) is 7.31. The molecular weight excluding hydrogens is 234 g/mol. The molecule has 0 aromatic heterocycles. The molecule has 2 heteroatoms. The van der Waals surface area contributed by atoms with E-state index in [-0.39, 0.29) is 5.54 Å². The quantitative estimate of drug-likeness (QED) is 0.808. The van der Waals surface area contributed by atoms with Gasteiger partial charge in [-0.15, -0.1) is 0 Å². The van der Waals surface area contributed by atoms with Crippen LogP contribution in [0, 0.1) is 0 Å². The Morgan fingerprint density at radius 1 is 1.11 bits per heavy atom. The highest BCUT2D eigenvalue weighted by Crippen LogP contribution is 2.37. The van der Waals surface area contributed by atoms with Gasteiger partial charge in [0.1, 0.15) is 0 Å². The minimum atomic E-state index is -0.206. The minimum Gasteiger partial charge on any atom is -0.293 e. The van der Waals surface area contributed by atoms with Gasteiger partial charge in [0, 0.05) is 6.54 Å². The van der Waals surface area contributed by atoms with Crippen molar-refractivity contribution in [2.24, 2.45) is 0 Å². The maximum atomic E-state index is 12.4. The van der Waals surface area contributed by atoms with Crippen LogP contribution < -0.4 is 0 Å². The number of piperidine rings is 1. The van der Waals surface area contributed by atoms with E-state index in [0.29, 0.717) is 5.78 Å². The first-order valence-electron chi connectivity index (χ1n) is 7.31. The van der Waals surface area contributed by atoms with Gasteiger partial charge < -0.3 is 0 Å². The van der Waals surface area contributed by atoms with Gasteiger partial charge in [-0.2, -0.15) is 0 Å². The highest BCUT2D eigenvalue weighted by molar-refractivity contribution is 5.98. The number of likely N-dealkylation sites (tertiary alicyclic amines) is 1. The van der Waals surface area contributed by atoms with Gasteiger partial charge in [0.15, 0.2) is 5.78 Å². The van der Waals surface area contributed by atoms with Gasteiger partial charge in [-0.25, -0.2) is 0 Å². The lowest BCUT2D eigenvalue weighted by Crippen LogP contribution is -2.57. The Labute approximate surface area is 115 Å². The lowest BCUT2D eigenvalue weighted by atomic mass is 9.76. The Morgan fingerprint density at radius 3 is 2.74 bits per heavy atom. The molecule has 1 atom stereocenters. The molecule has 2 aliphatic rings. The van der Waals surface area contributed by atoms with Crippen LogP contribution in [0.1, 0.15) is 37.7 Å². The number of carbonyl (C=O) groups is 1. The summed E-state index contributed by atoms with van der Waals surface area (Å²) in [7, 11) is 0. The van der Waals surface area contributed by atoms with Crippen molar-refractivity contribution in [2.75, 3.05) is 6.54 Å². The van der Waals surface area contributed by atoms with E-state index >= 15 is 0 Å². The smallest absolute Gasteiger partial charge is 0.175 e. The Bertz CT molecular complexity index is 479. The molecule has 1 aromatic carbocycles. The molecular formula is C17H21NO. The summed E-state index contributed by atoms with van der Waals surface area (Å²) in [5.74, 6) is 0.328. The summed E-state index contributed by atoms with van der Waals surface area (Å²) in [6.45, 7) is 1.95. The molecule has 1 saturated heterocycles. The lowest BCUT2D eigenvalue weighted by Gasteiger charge is -2.47. The van der Waals surface area contributed by atoms with Crippen molar-refractivity contribution in [3.8, 4) is 0 Å². The largest absolute Gasteiger partial charge is 0.293 e. The van der Waals surface area contributed by atoms with E-state index in [1.54, 1.807) is 0 Å². The Balaban J connectivity index is 1.85. The van der Waals surface area contributed by atoms with Gasteiger partial charge in [-0.05, 0) is 50.3 Å². The van der Waals surface area contributed by atoms with E-state index in [9.17, 15) is 4.79 Å². The zero-order valence-corrected chi connectivity index (χ0v) is 11.3. The van der Waals surface area contributed by atoms with Gasteiger partial charge in [-0.3, -0.25) is 9.69 Å². The molecule has 0 bridgehead atoms. The van der Waals surface area contributed by atoms with Crippen LogP contribution in [-0.2, 0) is 11.3 Å². The molecule has 100 valence electrons. The van der Waals surface area contributed by atoms with Crippen LogP contribution in [0.2, 0.25) is 0 Å². The fourth-order valence-corrected chi connectivity index (χ4v) is 3.48. The summed E-state index contributed by atoms with van der Waals surface area (Å²) in [5, 5.41) is 0. The van der Waals surface area contributed by atoms with Crippen molar-refractivity contribution in [1.29, 1.82) is 0 Å². The predicted octanol–water partition coefficient (Wildman–Crippen LogP) is 3.33. The van der Waals surface area contributed by atoms with Gasteiger partial charge in [-0.1, -0.05) is 36.4 Å². The zero-order chi connectivity index (χ0) is 13.1. The highest BCUT2D eigenvalue weighted by Gasteiger charge is 2.44. The Morgan fingerprint density at radius 2 is 1.95 bits per heavy atom. The molecule has 1 aromatic rings. The summed E-state index contributed by atoms with van der Waals surface area (Å²) < 4.78 is 0. The number of hydrogen-bond donors (Lipinski definition) is 0. The molecule has 0 radical (unpaired) electrons. The SMILES string of the molecule is O=C1C=CCCC12CCCCN2Cc1ccccc1. The molecule has 1 aliphatic heterocycles. The van der Waals surface area contributed by atoms with Crippen LogP contribution in [0.4, 0.5) is 0 Å². The molecule has 2 nitrogen and oxygen atoms in total. The van der Waals surface area contributed by atoms with Gasteiger partial charge in [0.2, 0.25) is 0 Å². The van der Waals surface area contributed by atoms with Crippen molar-refractivity contribution >= 4 is 5.78 Å². The molecule has 0 amide bonds. The molecule has 1 fully saturated rings. The van der Waals surface area contributed by atoms with E-state index in [1.807, 2.05) is 18.2 Å². The van der Waals surface area contributed by atoms with Crippen LogP contribution >= 0.6 is 0 Å². The molecule has 1 heterocycles. The third kappa shape index (κ3) is 2.37. The summed E-state index contributed by atoms with van der Waals surface area (Å²) in [4.78, 5) is 14.9. The van der Waals surface area contributed by atoms with E-state index in [1.165, 1.54) is 18.4 Å². The van der Waals surface area contributed by atoms with Gasteiger partial charge in [0.25, 0.3) is 0 Å². The average Bonchev–Trinajstić information content (AvgIpc) is 2.46. The monoisotopic (exact) mass is 255 g/mol. The second kappa shape index (κ2) is 5.30. The Hall–Kier alpha value is -1.41. The second-order valence-corrected chi connectivity index (χ2v) is 5.70. The van der Waals surface area contributed by atoms with Crippen LogP contribution in [0.15, 0.2) is 42.5 Å². The van der Waals surface area contributed by atoms with Crippen molar-refractivity contribution in [3.05, 3.63) is 48.0 Å². The maximum Gasteiger partial charge on any atom is 0.175 e.